The molecule has 166 valence electrons. The van der Waals surface area contributed by atoms with E-state index in [4.69, 9.17) is 0 Å². The molecule has 0 saturated carbocycles. The van der Waals surface area contributed by atoms with E-state index in [0.29, 0.717) is 26.4 Å². The number of para-hydroxylation sites is 1. The number of carbonyl (C=O) groups excluding carboxylic acids is 2. The summed E-state index contributed by atoms with van der Waals surface area (Å²) in [6.07, 6.45) is 0. The Morgan fingerprint density at radius 2 is 1.73 bits per heavy atom. The zero-order chi connectivity index (χ0) is 23.2. The molecule has 3 aromatic carbocycles. The fourth-order valence-corrected chi connectivity index (χ4v) is 4.97. The van der Waals surface area contributed by atoms with Gasteiger partial charge in [-0.3, -0.25) is 9.59 Å². The quantitative estimate of drug-likeness (QED) is 0.235. The van der Waals surface area contributed by atoms with Crippen LogP contribution in [0.5, 0.6) is 0 Å². The lowest BCUT2D eigenvalue weighted by Gasteiger charge is -2.16. The van der Waals surface area contributed by atoms with E-state index in [0.717, 1.165) is 5.56 Å². The molecule has 1 atom stereocenters. The summed E-state index contributed by atoms with van der Waals surface area (Å²) in [7, 11) is 0. The van der Waals surface area contributed by atoms with Crippen molar-refractivity contribution in [3.63, 3.8) is 0 Å². The summed E-state index contributed by atoms with van der Waals surface area (Å²) in [6.45, 7) is 1.48. The molecule has 9 heteroatoms. The van der Waals surface area contributed by atoms with Crippen LogP contribution in [0.15, 0.2) is 83.2 Å². The molecule has 33 heavy (non-hydrogen) atoms. The molecule has 0 saturated heterocycles. The minimum Gasteiger partial charge on any atom is -0.328 e. The number of hydrogen-bond acceptors (Lipinski definition) is 7. The van der Waals surface area contributed by atoms with E-state index >= 15 is 0 Å². The molecule has 1 heterocycles. The second-order valence-electron chi connectivity index (χ2n) is 7.01. The van der Waals surface area contributed by atoms with Crippen LogP contribution in [0.1, 0.15) is 28.1 Å². The van der Waals surface area contributed by atoms with Crippen molar-refractivity contribution in [2.24, 2.45) is 0 Å². The Morgan fingerprint density at radius 3 is 2.48 bits per heavy atom. The number of Topliss-reactive ketones (excluding diaryl/α,β-unsaturated/α-hetero) is 1. The van der Waals surface area contributed by atoms with E-state index in [9.17, 15) is 14.0 Å². The minimum absolute atomic E-state index is 0.0798. The molecule has 0 radical (unpaired) electrons. The minimum atomic E-state index is -0.610. The molecule has 4 aromatic rings. The van der Waals surface area contributed by atoms with Crippen molar-refractivity contribution in [1.82, 2.24) is 10.2 Å². The third kappa shape index (κ3) is 5.82. The molecule has 0 spiro atoms. The van der Waals surface area contributed by atoms with Gasteiger partial charge in [0.05, 0.1) is 5.69 Å². The van der Waals surface area contributed by atoms with Gasteiger partial charge in [-0.2, -0.15) is 0 Å². The lowest BCUT2D eigenvalue weighted by molar-refractivity contribution is -0.115. The predicted molar refractivity (Wildman–Crippen MR) is 130 cm³/mol. The van der Waals surface area contributed by atoms with Gasteiger partial charge in [-0.05, 0) is 36.8 Å². The van der Waals surface area contributed by atoms with Crippen LogP contribution in [0, 0.1) is 5.82 Å². The fourth-order valence-electron chi connectivity index (χ4n) is 3.01. The molecule has 0 aliphatic rings. The van der Waals surface area contributed by atoms with Crippen LogP contribution in [0.2, 0.25) is 0 Å². The van der Waals surface area contributed by atoms with Gasteiger partial charge in [0.15, 0.2) is 10.1 Å². The normalized spacial score (nSPS) is 11.6. The van der Waals surface area contributed by atoms with Gasteiger partial charge in [0.2, 0.25) is 11.0 Å². The molecule has 1 aromatic heterocycles. The van der Waals surface area contributed by atoms with Crippen LogP contribution in [0.25, 0.3) is 0 Å². The summed E-state index contributed by atoms with van der Waals surface area (Å²) in [5.41, 5.74) is 2.15. The van der Waals surface area contributed by atoms with Gasteiger partial charge in [0.25, 0.3) is 0 Å². The van der Waals surface area contributed by atoms with E-state index in [1.165, 1.54) is 36.1 Å². The summed E-state index contributed by atoms with van der Waals surface area (Å²) in [5, 5.41) is 13.8. The predicted octanol–water partition coefficient (Wildman–Crippen LogP) is 6.10. The van der Waals surface area contributed by atoms with E-state index in [1.807, 2.05) is 30.3 Å². The monoisotopic (exact) mass is 478 g/mol. The van der Waals surface area contributed by atoms with Gasteiger partial charge >= 0.3 is 0 Å². The van der Waals surface area contributed by atoms with Gasteiger partial charge in [-0.1, -0.05) is 77.7 Å². The van der Waals surface area contributed by atoms with E-state index in [-0.39, 0.29) is 11.7 Å². The maximum absolute atomic E-state index is 13.9. The SMILES string of the molecule is CC(=O)c1cccc(NC(=O)[C@@H](Sc2nnc(Nc3ccccc3F)s2)c2ccccc2)c1. The van der Waals surface area contributed by atoms with Gasteiger partial charge in [0.1, 0.15) is 11.1 Å². The third-order valence-electron chi connectivity index (χ3n) is 4.62. The number of nitrogens with one attached hydrogen (secondary N) is 2. The first-order valence-electron chi connectivity index (χ1n) is 9.98. The molecule has 0 bridgehead atoms. The van der Waals surface area contributed by atoms with Gasteiger partial charge in [0, 0.05) is 11.3 Å². The first-order chi connectivity index (χ1) is 16.0. The summed E-state index contributed by atoms with van der Waals surface area (Å²) in [5.74, 6) is -0.731. The Bertz CT molecular complexity index is 1280. The highest BCUT2D eigenvalue weighted by Crippen LogP contribution is 2.39. The second kappa shape index (κ2) is 10.4. The zero-order valence-corrected chi connectivity index (χ0v) is 19.1. The molecule has 0 unspecified atom stereocenters. The molecule has 0 aliphatic carbocycles. The van der Waals surface area contributed by atoms with Crippen molar-refractivity contribution in [2.45, 2.75) is 16.5 Å². The molecule has 0 aliphatic heterocycles. The summed E-state index contributed by atoms with van der Waals surface area (Å²) in [6, 6.07) is 22.4. The maximum Gasteiger partial charge on any atom is 0.242 e. The van der Waals surface area contributed by atoms with E-state index < -0.39 is 11.1 Å². The van der Waals surface area contributed by atoms with Gasteiger partial charge in [-0.25, -0.2) is 4.39 Å². The van der Waals surface area contributed by atoms with Crippen molar-refractivity contribution >= 4 is 51.3 Å². The highest BCUT2D eigenvalue weighted by atomic mass is 32.2. The summed E-state index contributed by atoms with van der Waals surface area (Å²) in [4.78, 5) is 24.9. The Hall–Kier alpha value is -3.56. The van der Waals surface area contributed by atoms with Crippen molar-refractivity contribution in [3.05, 3.63) is 95.8 Å². The number of aromatic nitrogens is 2. The van der Waals surface area contributed by atoms with Crippen LogP contribution in [0.4, 0.5) is 20.9 Å². The van der Waals surface area contributed by atoms with E-state index in [2.05, 4.69) is 20.8 Å². The van der Waals surface area contributed by atoms with Crippen LogP contribution in [0.3, 0.4) is 0 Å². The van der Waals surface area contributed by atoms with Crippen LogP contribution in [-0.2, 0) is 4.79 Å². The largest absolute Gasteiger partial charge is 0.328 e. The standard InChI is InChI=1S/C24H19FN4O2S2/c1-15(30)17-10-7-11-18(14-17)26-22(31)21(16-8-3-2-4-9-16)32-24-29-28-23(33-24)27-20-13-6-5-12-19(20)25/h2-14,21H,1H3,(H,26,31)(H,27,28)/t21-/m0/s1. The average Bonchev–Trinajstić information content (AvgIpc) is 3.26. The lowest BCUT2D eigenvalue weighted by Crippen LogP contribution is -2.19. The highest BCUT2D eigenvalue weighted by Gasteiger charge is 2.24. The van der Waals surface area contributed by atoms with Crippen molar-refractivity contribution < 1.29 is 14.0 Å². The van der Waals surface area contributed by atoms with Crippen molar-refractivity contribution in [2.75, 3.05) is 10.6 Å². The number of anilines is 3. The second-order valence-corrected chi connectivity index (χ2v) is 9.34. The van der Waals surface area contributed by atoms with Crippen LogP contribution in [-0.4, -0.2) is 21.9 Å². The number of nitrogens with zero attached hydrogens (tertiary/aromatic N) is 2. The number of amides is 1. The molecular formula is C24H19FN4O2S2. The van der Waals surface area contributed by atoms with Crippen molar-refractivity contribution in [3.8, 4) is 0 Å². The Labute approximate surface area is 198 Å². The molecule has 4 rings (SSSR count). The Kier molecular flexibility index (Phi) is 7.11. The van der Waals surface area contributed by atoms with Crippen LogP contribution >= 0.6 is 23.1 Å². The smallest absolute Gasteiger partial charge is 0.242 e. The first kappa shape index (κ1) is 22.6. The summed E-state index contributed by atoms with van der Waals surface area (Å²) < 4.78 is 14.5. The fraction of sp³-hybridized carbons (Fsp3) is 0.0833. The maximum atomic E-state index is 13.9. The lowest BCUT2D eigenvalue weighted by atomic mass is 10.1. The van der Waals surface area contributed by atoms with E-state index in [1.54, 1.807) is 42.5 Å². The number of benzene rings is 3. The summed E-state index contributed by atoms with van der Waals surface area (Å²) >= 11 is 2.48. The van der Waals surface area contributed by atoms with Crippen molar-refractivity contribution in [1.29, 1.82) is 0 Å². The topological polar surface area (TPSA) is 84.0 Å². The van der Waals surface area contributed by atoms with Crippen LogP contribution < -0.4 is 10.6 Å². The number of carbonyl (C=O) groups is 2. The number of thioether (sulfide) groups is 1. The van der Waals surface area contributed by atoms with Gasteiger partial charge < -0.3 is 10.6 Å². The molecule has 1 amide bonds. The first-order valence-corrected chi connectivity index (χ1v) is 11.7. The molecule has 2 N–H and O–H groups in total. The number of halogens is 1. The molecular weight excluding hydrogens is 459 g/mol. The average molecular weight is 479 g/mol. The number of ketones is 1. The third-order valence-corrected chi connectivity index (χ3v) is 6.79. The number of hydrogen-bond donors (Lipinski definition) is 2. The molecule has 6 nitrogen and oxygen atoms in total. The highest BCUT2D eigenvalue weighted by molar-refractivity contribution is 8.02. The van der Waals surface area contributed by atoms with Gasteiger partial charge in [-0.15, -0.1) is 10.2 Å². The molecule has 0 fully saturated rings. The number of rotatable bonds is 8. The Balaban J connectivity index is 1.54. The zero-order valence-electron chi connectivity index (χ0n) is 17.5. The Morgan fingerprint density at radius 1 is 0.970 bits per heavy atom.